The molecule has 5 heteroatoms. The van der Waals surface area contributed by atoms with Crippen LogP contribution in [-0.2, 0) is 27.1 Å². The van der Waals surface area contributed by atoms with E-state index in [-0.39, 0.29) is 23.9 Å². The molecule has 0 spiro atoms. The van der Waals surface area contributed by atoms with Crippen LogP contribution in [0.4, 0.5) is 4.79 Å². The molecule has 1 aromatic carbocycles. The molecule has 1 aromatic rings. The predicted molar refractivity (Wildman–Crippen MR) is 119 cm³/mol. The van der Waals surface area contributed by atoms with Crippen LogP contribution in [0.15, 0.2) is 36.9 Å². The van der Waals surface area contributed by atoms with Gasteiger partial charge in [-0.1, -0.05) is 30.3 Å². The van der Waals surface area contributed by atoms with Gasteiger partial charge in [0.1, 0.15) is 11.2 Å². The van der Waals surface area contributed by atoms with Gasteiger partial charge in [-0.15, -0.1) is 6.58 Å². The number of hydrogen-bond donors (Lipinski definition) is 0. The minimum atomic E-state index is -0.552. The third-order valence-corrected chi connectivity index (χ3v) is 4.98. The normalized spacial score (nSPS) is 18.1. The van der Waals surface area contributed by atoms with Gasteiger partial charge < -0.3 is 14.4 Å². The highest BCUT2D eigenvalue weighted by molar-refractivity contribution is 5.74. The Hall–Kier alpha value is -2.30. The molecule has 0 unspecified atom stereocenters. The lowest BCUT2D eigenvalue weighted by molar-refractivity contribution is -0.161. The minimum absolute atomic E-state index is 0.0374. The second-order valence-electron chi connectivity index (χ2n) is 10.1. The van der Waals surface area contributed by atoms with Crippen LogP contribution in [0.3, 0.4) is 0 Å². The van der Waals surface area contributed by atoms with Gasteiger partial charge in [-0.05, 0) is 77.8 Å². The van der Waals surface area contributed by atoms with Gasteiger partial charge in [-0.2, -0.15) is 0 Å². The van der Waals surface area contributed by atoms with Crippen molar-refractivity contribution in [1.82, 2.24) is 4.90 Å². The number of esters is 1. The number of carbonyl (C=O) groups excluding carboxylic acids is 2. The molecule has 1 saturated heterocycles. The highest BCUT2D eigenvalue weighted by Gasteiger charge is 2.39. The van der Waals surface area contributed by atoms with Crippen molar-refractivity contribution in [3.8, 4) is 0 Å². The van der Waals surface area contributed by atoms with Crippen molar-refractivity contribution < 1.29 is 19.1 Å². The molecular formula is C25H37NO4. The average Bonchev–Trinajstić information content (AvgIpc) is 3.07. The SMILES string of the molecule is C=CCc1cccc(C[C@H](C(=O)OC(C)(C)C)[C@@H]2CCN(C(=O)OC(C)(C)C)C2)c1. The highest BCUT2D eigenvalue weighted by atomic mass is 16.6. The van der Waals surface area contributed by atoms with Crippen LogP contribution in [-0.4, -0.2) is 41.3 Å². The molecular weight excluding hydrogens is 378 g/mol. The number of hydrogen-bond acceptors (Lipinski definition) is 4. The number of allylic oxidation sites excluding steroid dienone is 1. The van der Waals surface area contributed by atoms with Gasteiger partial charge in [0.05, 0.1) is 5.92 Å². The van der Waals surface area contributed by atoms with E-state index in [2.05, 4.69) is 18.7 Å². The molecule has 30 heavy (non-hydrogen) atoms. The van der Waals surface area contributed by atoms with Crippen molar-refractivity contribution in [2.75, 3.05) is 13.1 Å². The van der Waals surface area contributed by atoms with E-state index < -0.39 is 11.2 Å². The Morgan fingerprint density at radius 3 is 2.37 bits per heavy atom. The fraction of sp³-hybridized carbons (Fsp3) is 0.600. The van der Waals surface area contributed by atoms with Gasteiger partial charge in [0, 0.05) is 13.1 Å². The Morgan fingerprint density at radius 1 is 1.13 bits per heavy atom. The van der Waals surface area contributed by atoms with E-state index in [0.29, 0.717) is 19.5 Å². The number of carbonyl (C=O) groups is 2. The minimum Gasteiger partial charge on any atom is -0.460 e. The number of likely N-dealkylation sites (tertiary alicyclic amines) is 1. The molecule has 0 aromatic heterocycles. The van der Waals surface area contributed by atoms with Crippen LogP contribution in [0.25, 0.3) is 0 Å². The smallest absolute Gasteiger partial charge is 0.410 e. The first-order valence-electron chi connectivity index (χ1n) is 10.8. The van der Waals surface area contributed by atoms with Crippen molar-refractivity contribution >= 4 is 12.1 Å². The molecule has 1 amide bonds. The number of rotatable bonds is 6. The Kier molecular flexibility index (Phi) is 7.73. The first-order valence-corrected chi connectivity index (χ1v) is 10.8. The molecule has 0 bridgehead atoms. The van der Waals surface area contributed by atoms with E-state index in [1.807, 2.05) is 59.8 Å². The Labute approximate surface area is 181 Å². The van der Waals surface area contributed by atoms with Gasteiger partial charge in [0.15, 0.2) is 0 Å². The molecule has 1 aliphatic heterocycles. The molecule has 166 valence electrons. The number of nitrogens with zero attached hydrogens (tertiary/aromatic N) is 1. The van der Waals surface area contributed by atoms with E-state index in [9.17, 15) is 9.59 Å². The number of benzene rings is 1. The first kappa shape index (κ1) is 24.0. The summed E-state index contributed by atoms with van der Waals surface area (Å²) in [5.41, 5.74) is 1.18. The Balaban J connectivity index is 2.18. The highest BCUT2D eigenvalue weighted by Crippen LogP contribution is 2.30. The Morgan fingerprint density at radius 2 is 1.77 bits per heavy atom. The molecule has 0 aliphatic carbocycles. The van der Waals surface area contributed by atoms with E-state index in [4.69, 9.17) is 9.47 Å². The second kappa shape index (κ2) is 9.67. The molecule has 1 heterocycles. The van der Waals surface area contributed by atoms with Crippen LogP contribution in [0, 0.1) is 11.8 Å². The van der Waals surface area contributed by atoms with Crippen molar-refractivity contribution in [3.05, 3.63) is 48.0 Å². The fourth-order valence-corrected chi connectivity index (χ4v) is 3.73. The zero-order chi connectivity index (χ0) is 22.5. The van der Waals surface area contributed by atoms with Crippen LogP contribution in [0.1, 0.15) is 59.1 Å². The molecule has 1 aliphatic rings. The van der Waals surface area contributed by atoms with E-state index in [1.54, 1.807) is 4.90 Å². The second-order valence-corrected chi connectivity index (χ2v) is 10.1. The van der Waals surface area contributed by atoms with Gasteiger partial charge in [-0.3, -0.25) is 4.79 Å². The molecule has 2 rings (SSSR count). The van der Waals surface area contributed by atoms with Gasteiger partial charge in [0.25, 0.3) is 0 Å². The Bertz CT molecular complexity index is 757. The van der Waals surface area contributed by atoms with Crippen LogP contribution in [0.2, 0.25) is 0 Å². The molecule has 0 N–H and O–H groups in total. The summed E-state index contributed by atoms with van der Waals surface area (Å²) in [7, 11) is 0. The van der Waals surface area contributed by atoms with Crippen molar-refractivity contribution in [3.63, 3.8) is 0 Å². The van der Waals surface area contributed by atoms with Crippen molar-refractivity contribution in [2.24, 2.45) is 11.8 Å². The van der Waals surface area contributed by atoms with Gasteiger partial charge in [0.2, 0.25) is 0 Å². The zero-order valence-electron chi connectivity index (χ0n) is 19.4. The third-order valence-electron chi connectivity index (χ3n) is 4.98. The monoisotopic (exact) mass is 415 g/mol. The summed E-state index contributed by atoms with van der Waals surface area (Å²) in [5, 5.41) is 0. The number of ether oxygens (including phenoxy) is 2. The maximum absolute atomic E-state index is 13.1. The maximum atomic E-state index is 13.1. The summed E-state index contributed by atoms with van der Waals surface area (Å²) in [6.07, 6.45) is 3.70. The predicted octanol–water partition coefficient (Wildman–Crippen LogP) is 5.17. The lowest BCUT2D eigenvalue weighted by Gasteiger charge is -2.28. The molecule has 0 radical (unpaired) electrons. The molecule has 5 nitrogen and oxygen atoms in total. The van der Waals surface area contributed by atoms with E-state index in [1.165, 1.54) is 5.56 Å². The number of amides is 1. The lowest BCUT2D eigenvalue weighted by atomic mass is 9.85. The molecule has 0 saturated carbocycles. The van der Waals surface area contributed by atoms with Crippen LogP contribution >= 0.6 is 0 Å². The average molecular weight is 416 g/mol. The van der Waals surface area contributed by atoms with Gasteiger partial charge >= 0.3 is 12.1 Å². The quantitative estimate of drug-likeness (QED) is 0.475. The van der Waals surface area contributed by atoms with Crippen LogP contribution in [0.5, 0.6) is 0 Å². The maximum Gasteiger partial charge on any atom is 0.410 e. The molecule has 1 fully saturated rings. The summed E-state index contributed by atoms with van der Waals surface area (Å²) >= 11 is 0. The summed E-state index contributed by atoms with van der Waals surface area (Å²) in [6.45, 7) is 16.1. The van der Waals surface area contributed by atoms with E-state index in [0.717, 1.165) is 18.4 Å². The topological polar surface area (TPSA) is 55.8 Å². The summed E-state index contributed by atoms with van der Waals surface area (Å²) in [4.78, 5) is 27.3. The van der Waals surface area contributed by atoms with Crippen LogP contribution < -0.4 is 0 Å². The lowest BCUT2D eigenvalue weighted by Crippen LogP contribution is -2.38. The van der Waals surface area contributed by atoms with Crippen molar-refractivity contribution in [1.29, 1.82) is 0 Å². The van der Waals surface area contributed by atoms with Crippen molar-refractivity contribution in [2.45, 2.75) is 72.0 Å². The summed E-state index contributed by atoms with van der Waals surface area (Å²) in [6, 6.07) is 8.25. The van der Waals surface area contributed by atoms with Gasteiger partial charge in [-0.25, -0.2) is 4.79 Å². The summed E-state index contributed by atoms with van der Waals surface area (Å²) in [5.74, 6) is -0.473. The van der Waals surface area contributed by atoms with E-state index >= 15 is 0 Å². The first-order chi connectivity index (χ1) is 13.9. The zero-order valence-corrected chi connectivity index (χ0v) is 19.4. The summed E-state index contributed by atoms with van der Waals surface area (Å²) < 4.78 is 11.3. The molecule has 2 atom stereocenters. The largest absolute Gasteiger partial charge is 0.460 e. The third kappa shape index (κ3) is 7.51. The fourth-order valence-electron chi connectivity index (χ4n) is 3.73. The standard InChI is InChI=1S/C25H37NO4/c1-8-10-18-11-9-12-19(15-18)16-21(22(27)29-24(2,3)4)20-13-14-26(17-20)23(28)30-25(5,6)7/h8-9,11-12,15,20-21H,1,10,13-14,16-17H2,2-7H3/t20-,21+/m1/s1.